The maximum absolute atomic E-state index is 13.7. The molecule has 2 fully saturated rings. The lowest BCUT2D eigenvalue weighted by molar-refractivity contribution is -0.137. The van der Waals surface area contributed by atoms with Gasteiger partial charge in [0.2, 0.25) is 0 Å². The molecule has 0 bridgehead atoms. The highest BCUT2D eigenvalue weighted by atomic mass is 19.4. The predicted octanol–water partition coefficient (Wildman–Crippen LogP) is 2.90. The summed E-state index contributed by atoms with van der Waals surface area (Å²) in [7, 11) is 1.75. The molecule has 2 aromatic heterocycles. The highest BCUT2D eigenvalue weighted by molar-refractivity contribution is 5.65. The number of hydrogen-bond acceptors (Lipinski definition) is 5. The third-order valence-corrected chi connectivity index (χ3v) is 5.96. The topological polar surface area (TPSA) is 95.6 Å². The van der Waals surface area contributed by atoms with Crippen LogP contribution in [0.4, 0.5) is 13.2 Å². The van der Waals surface area contributed by atoms with Crippen molar-refractivity contribution < 1.29 is 13.2 Å². The minimum Gasteiger partial charge on any atom is -0.328 e. The van der Waals surface area contributed by atoms with Crippen molar-refractivity contribution >= 4 is 0 Å². The summed E-state index contributed by atoms with van der Waals surface area (Å²) >= 11 is 0. The molecule has 0 atom stereocenters. The molecule has 0 saturated heterocycles. The zero-order valence-corrected chi connectivity index (χ0v) is 15.8. The lowest BCUT2D eigenvalue weighted by atomic mass is 9.79. The first-order chi connectivity index (χ1) is 13.2. The predicted molar refractivity (Wildman–Crippen MR) is 98.0 cm³/mol. The molecule has 2 aliphatic carbocycles. The Morgan fingerprint density at radius 2 is 1.86 bits per heavy atom. The van der Waals surface area contributed by atoms with Gasteiger partial charge >= 0.3 is 6.18 Å². The monoisotopic (exact) mass is 394 g/mol. The number of rotatable bonds is 4. The van der Waals surface area contributed by atoms with Gasteiger partial charge in [-0.25, -0.2) is 9.97 Å². The molecule has 2 saturated carbocycles. The van der Waals surface area contributed by atoms with Crippen LogP contribution in [0.2, 0.25) is 0 Å². The number of halogens is 3. The van der Waals surface area contributed by atoms with Gasteiger partial charge in [-0.05, 0) is 50.9 Å². The summed E-state index contributed by atoms with van der Waals surface area (Å²) in [5, 5.41) is 4.21. The quantitative estimate of drug-likeness (QED) is 0.831. The van der Waals surface area contributed by atoms with Crippen LogP contribution >= 0.6 is 0 Å². The van der Waals surface area contributed by atoms with E-state index in [1.54, 1.807) is 11.7 Å². The van der Waals surface area contributed by atoms with E-state index < -0.39 is 17.3 Å². The molecule has 2 heterocycles. The second-order valence-corrected chi connectivity index (χ2v) is 8.22. The van der Waals surface area contributed by atoms with Crippen LogP contribution < -0.4 is 11.5 Å². The summed E-state index contributed by atoms with van der Waals surface area (Å²) in [6, 6.07) is 0.0639. The van der Waals surface area contributed by atoms with E-state index in [0.29, 0.717) is 43.6 Å². The smallest absolute Gasteiger partial charge is 0.328 e. The highest BCUT2D eigenvalue weighted by Crippen LogP contribution is 2.41. The molecule has 28 heavy (non-hydrogen) atoms. The van der Waals surface area contributed by atoms with Gasteiger partial charge in [0.25, 0.3) is 0 Å². The van der Waals surface area contributed by atoms with E-state index in [0.717, 1.165) is 24.7 Å². The maximum Gasteiger partial charge on any atom is 0.419 e. The van der Waals surface area contributed by atoms with Crippen LogP contribution in [-0.2, 0) is 25.2 Å². The van der Waals surface area contributed by atoms with Gasteiger partial charge in [0.1, 0.15) is 11.4 Å². The fourth-order valence-corrected chi connectivity index (χ4v) is 3.91. The second-order valence-electron chi connectivity index (χ2n) is 8.22. The van der Waals surface area contributed by atoms with Gasteiger partial charge in [-0.2, -0.15) is 18.3 Å². The number of nitrogens with zero attached hydrogens (tertiary/aromatic N) is 4. The third kappa shape index (κ3) is 3.65. The van der Waals surface area contributed by atoms with E-state index in [9.17, 15) is 13.2 Å². The number of alkyl halides is 3. The Morgan fingerprint density at radius 3 is 2.46 bits per heavy atom. The lowest BCUT2D eigenvalue weighted by Gasteiger charge is -2.34. The summed E-state index contributed by atoms with van der Waals surface area (Å²) < 4.78 is 42.8. The Labute approximate surface area is 161 Å². The molecule has 0 unspecified atom stereocenters. The lowest BCUT2D eigenvalue weighted by Crippen LogP contribution is -2.45. The average Bonchev–Trinajstić information content (AvgIpc) is 3.39. The van der Waals surface area contributed by atoms with Crippen LogP contribution in [0, 0.1) is 5.92 Å². The Morgan fingerprint density at radius 1 is 1.18 bits per heavy atom. The first kappa shape index (κ1) is 19.3. The maximum atomic E-state index is 13.7. The molecule has 0 aliphatic heterocycles. The SMILES string of the molecule is Cn1ncc(-c2nc(C3(N)CCC(N)CC3)ncc2C(F)(F)F)c1CC1CC1. The molecule has 6 nitrogen and oxygen atoms in total. The summed E-state index contributed by atoms with van der Waals surface area (Å²) in [6.07, 6.45) is 3.19. The van der Waals surface area contributed by atoms with Crippen LogP contribution in [0.1, 0.15) is 55.6 Å². The van der Waals surface area contributed by atoms with E-state index in [4.69, 9.17) is 11.5 Å². The molecule has 9 heteroatoms. The van der Waals surface area contributed by atoms with Crippen LogP contribution in [-0.4, -0.2) is 25.8 Å². The summed E-state index contributed by atoms with van der Waals surface area (Å²) in [5.41, 5.74) is 11.8. The fourth-order valence-electron chi connectivity index (χ4n) is 3.91. The fraction of sp³-hybridized carbons (Fsp3) is 0.632. The van der Waals surface area contributed by atoms with Crippen molar-refractivity contribution in [3.8, 4) is 11.3 Å². The van der Waals surface area contributed by atoms with Crippen LogP contribution in [0.15, 0.2) is 12.4 Å². The van der Waals surface area contributed by atoms with Gasteiger partial charge in [0, 0.05) is 30.5 Å². The van der Waals surface area contributed by atoms with Gasteiger partial charge < -0.3 is 11.5 Å². The first-order valence-corrected chi connectivity index (χ1v) is 9.68. The molecular formula is C19H25F3N6. The van der Waals surface area contributed by atoms with Crippen molar-refractivity contribution in [3.63, 3.8) is 0 Å². The second kappa shape index (κ2) is 6.81. The summed E-state index contributed by atoms with van der Waals surface area (Å²) in [4.78, 5) is 8.42. The Bertz CT molecular complexity index is 863. The summed E-state index contributed by atoms with van der Waals surface area (Å²) in [6.45, 7) is 0. The van der Waals surface area contributed by atoms with Gasteiger partial charge in [0.05, 0.1) is 17.4 Å². The zero-order valence-electron chi connectivity index (χ0n) is 15.8. The molecule has 2 aromatic rings. The first-order valence-electron chi connectivity index (χ1n) is 9.68. The van der Waals surface area contributed by atoms with Crippen LogP contribution in [0.3, 0.4) is 0 Å². The molecule has 0 amide bonds. The van der Waals surface area contributed by atoms with E-state index in [1.165, 1.54) is 6.20 Å². The molecular weight excluding hydrogens is 369 g/mol. The molecule has 4 rings (SSSR count). The third-order valence-electron chi connectivity index (χ3n) is 5.96. The van der Waals surface area contributed by atoms with Gasteiger partial charge in [0.15, 0.2) is 0 Å². The van der Waals surface area contributed by atoms with Crippen molar-refractivity contribution in [1.82, 2.24) is 19.7 Å². The molecule has 2 aliphatic rings. The highest BCUT2D eigenvalue weighted by Gasteiger charge is 2.40. The Hall–Kier alpha value is -2.00. The zero-order chi connectivity index (χ0) is 20.1. The van der Waals surface area contributed by atoms with Crippen molar-refractivity contribution in [1.29, 1.82) is 0 Å². The van der Waals surface area contributed by atoms with E-state index >= 15 is 0 Å². The van der Waals surface area contributed by atoms with Gasteiger partial charge in [-0.3, -0.25) is 4.68 Å². The van der Waals surface area contributed by atoms with Gasteiger partial charge in [-0.15, -0.1) is 0 Å². The molecule has 0 spiro atoms. The molecule has 0 radical (unpaired) electrons. The van der Waals surface area contributed by atoms with Crippen molar-refractivity contribution in [2.24, 2.45) is 24.4 Å². The average molecular weight is 394 g/mol. The van der Waals surface area contributed by atoms with E-state index in [-0.39, 0.29) is 17.6 Å². The minimum absolute atomic E-state index is 0.0639. The van der Waals surface area contributed by atoms with Crippen molar-refractivity contribution in [2.45, 2.75) is 62.7 Å². The summed E-state index contributed by atoms with van der Waals surface area (Å²) in [5.74, 6) is 0.758. The Kier molecular flexibility index (Phi) is 4.70. The van der Waals surface area contributed by atoms with Crippen LogP contribution in [0.5, 0.6) is 0 Å². The van der Waals surface area contributed by atoms with Crippen LogP contribution in [0.25, 0.3) is 11.3 Å². The molecule has 152 valence electrons. The Balaban J connectivity index is 1.80. The number of aromatic nitrogens is 4. The minimum atomic E-state index is -4.56. The normalized spacial score (nSPS) is 25.9. The number of nitrogens with two attached hydrogens (primary N) is 2. The number of aryl methyl sites for hydroxylation is 1. The van der Waals surface area contributed by atoms with E-state index in [1.807, 2.05) is 0 Å². The van der Waals surface area contributed by atoms with E-state index in [2.05, 4.69) is 15.1 Å². The molecule has 4 N–H and O–H groups in total. The standard InChI is InChI=1S/C19H25F3N6/c1-28-15(8-11-2-3-11)13(9-26-28)16-14(19(20,21)22)10-25-17(27-16)18(24)6-4-12(23)5-7-18/h9-12H,2-8,23-24H2,1H3. The van der Waals surface area contributed by atoms with Crippen molar-refractivity contribution in [3.05, 3.63) is 29.5 Å². The molecule has 0 aromatic carbocycles. The largest absolute Gasteiger partial charge is 0.419 e. The number of hydrogen-bond donors (Lipinski definition) is 2. The van der Waals surface area contributed by atoms with Crippen molar-refractivity contribution in [2.75, 3.05) is 0 Å². The van der Waals surface area contributed by atoms with Gasteiger partial charge in [-0.1, -0.05) is 0 Å².